The van der Waals surface area contributed by atoms with Crippen molar-refractivity contribution in [1.82, 2.24) is 4.31 Å². The predicted octanol–water partition coefficient (Wildman–Crippen LogP) is 2.95. The molecule has 1 N–H and O–H groups in total. The second-order valence-corrected chi connectivity index (χ2v) is 8.36. The van der Waals surface area contributed by atoms with Gasteiger partial charge in [0.15, 0.2) is 0 Å². The Bertz CT molecular complexity index is 596. The molecule has 5 nitrogen and oxygen atoms in total. The molecule has 0 spiro atoms. The smallest absolute Gasteiger partial charge is 0.214 e. The lowest BCUT2D eigenvalue weighted by Crippen LogP contribution is -2.43. The molecule has 0 radical (unpaired) electrons. The molecule has 2 rings (SSSR count). The number of nitrogens with zero attached hydrogens (tertiary/aromatic N) is 1. The number of nitrogens with one attached hydrogen (secondary N) is 1. The molecule has 0 aliphatic carbocycles. The van der Waals surface area contributed by atoms with Crippen molar-refractivity contribution in [1.29, 1.82) is 0 Å². The summed E-state index contributed by atoms with van der Waals surface area (Å²) in [5.41, 5.74) is 1.02. The van der Waals surface area contributed by atoms with Crippen LogP contribution in [0.25, 0.3) is 0 Å². The first-order valence-electron chi connectivity index (χ1n) is 8.33. The Labute approximate surface area is 140 Å². The number of piperidine rings is 1. The van der Waals surface area contributed by atoms with E-state index < -0.39 is 10.0 Å². The van der Waals surface area contributed by atoms with Crippen molar-refractivity contribution in [2.24, 2.45) is 5.92 Å². The molecule has 1 unspecified atom stereocenters. The number of hydrogen-bond acceptors (Lipinski definition) is 4. The minimum absolute atomic E-state index is 0.215. The van der Waals surface area contributed by atoms with E-state index in [0.717, 1.165) is 30.7 Å². The molecule has 0 saturated carbocycles. The number of sulfonamides is 1. The molecule has 0 bridgehead atoms. The van der Waals surface area contributed by atoms with E-state index in [1.54, 1.807) is 11.4 Å². The quantitative estimate of drug-likeness (QED) is 0.829. The molecule has 6 heteroatoms. The number of benzene rings is 1. The fourth-order valence-corrected chi connectivity index (χ4v) is 4.74. The summed E-state index contributed by atoms with van der Waals surface area (Å²) in [6.45, 7) is 5.22. The van der Waals surface area contributed by atoms with Crippen LogP contribution in [0, 0.1) is 5.92 Å². The predicted molar refractivity (Wildman–Crippen MR) is 94.5 cm³/mol. The zero-order chi connectivity index (χ0) is 16.9. The van der Waals surface area contributed by atoms with Crippen molar-refractivity contribution in [3.8, 4) is 5.75 Å². The highest BCUT2D eigenvalue weighted by Crippen LogP contribution is 2.22. The van der Waals surface area contributed by atoms with Crippen LogP contribution < -0.4 is 10.1 Å². The summed E-state index contributed by atoms with van der Waals surface area (Å²) in [5.74, 6) is 1.30. The molecular weight excluding hydrogens is 312 g/mol. The Kier molecular flexibility index (Phi) is 6.30. The van der Waals surface area contributed by atoms with E-state index in [2.05, 4.69) is 5.32 Å². The van der Waals surface area contributed by atoms with Gasteiger partial charge in [0.1, 0.15) is 5.75 Å². The van der Waals surface area contributed by atoms with Gasteiger partial charge in [-0.3, -0.25) is 0 Å². The van der Waals surface area contributed by atoms with Gasteiger partial charge in [0, 0.05) is 30.9 Å². The maximum absolute atomic E-state index is 12.4. The lowest BCUT2D eigenvalue weighted by Gasteiger charge is -2.32. The first kappa shape index (κ1) is 18.1. The molecule has 0 amide bonds. The molecule has 0 aromatic heterocycles. The molecule has 1 aliphatic heterocycles. The molecule has 1 heterocycles. The van der Waals surface area contributed by atoms with Crippen molar-refractivity contribution in [2.75, 3.05) is 31.3 Å². The summed E-state index contributed by atoms with van der Waals surface area (Å²) < 4.78 is 31.7. The zero-order valence-corrected chi connectivity index (χ0v) is 15.1. The fraction of sp³-hybridized carbons (Fsp3) is 0.647. The Morgan fingerprint density at radius 2 is 2.04 bits per heavy atom. The van der Waals surface area contributed by atoms with Crippen LogP contribution in [0.4, 0.5) is 5.69 Å². The third-order valence-electron chi connectivity index (χ3n) is 4.48. The molecule has 1 aromatic carbocycles. The third kappa shape index (κ3) is 5.11. The number of hydrogen-bond donors (Lipinski definition) is 1. The molecule has 130 valence electrons. The third-order valence-corrected chi connectivity index (χ3v) is 6.62. The van der Waals surface area contributed by atoms with Gasteiger partial charge in [-0.25, -0.2) is 12.7 Å². The van der Waals surface area contributed by atoms with Gasteiger partial charge in [-0.1, -0.05) is 26.3 Å². The normalized spacial score (nSPS) is 18.6. The second kappa shape index (κ2) is 8.02. The van der Waals surface area contributed by atoms with Crippen molar-refractivity contribution < 1.29 is 13.2 Å². The van der Waals surface area contributed by atoms with E-state index in [0.29, 0.717) is 19.1 Å². The highest BCUT2D eigenvalue weighted by atomic mass is 32.2. The van der Waals surface area contributed by atoms with Crippen molar-refractivity contribution >= 4 is 15.7 Å². The summed E-state index contributed by atoms with van der Waals surface area (Å²) in [7, 11) is -1.46. The van der Waals surface area contributed by atoms with E-state index in [1.165, 1.54) is 0 Å². The summed E-state index contributed by atoms with van der Waals surface area (Å²) >= 11 is 0. The molecule has 1 aromatic rings. The van der Waals surface area contributed by atoms with Crippen LogP contribution in [-0.2, 0) is 10.0 Å². The highest BCUT2D eigenvalue weighted by Gasteiger charge is 2.28. The van der Waals surface area contributed by atoms with Gasteiger partial charge in [-0.05, 0) is 30.9 Å². The van der Waals surface area contributed by atoms with Crippen LogP contribution >= 0.6 is 0 Å². The molecule has 1 atom stereocenters. The number of ether oxygens (including phenoxy) is 1. The monoisotopic (exact) mass is 340 g/mol. The number of anilines is 1. The van der Waals surface area contributed by atoms with Crippen molar-refractivity contribution in [3.05, 3.63) is 24.3 Å². The van der Waals surface area contributed by atoms with E-state index in [-0.39, 0.29) is 11.7 Å². The lowest BCUT2D eigenvalue weighted by atomic mass is 10.1. The van der Waals surface area contributed by atoms with E-state index in [4.69, 9.17) is 4.74 Å². The topological polar surface area (TPSA) is 58.6 Å². The zero-order valence-electron chi connectivity index (χ0n) is 14.3. The Morgan fingerprint density at radius 3 is 2.65 bits per heavy atom. The second-order valence-electron chi connectivity index (χ2n) is 6.34. The first-order valence-corrected chi connectivity index (χ1v) is 9.94. The van der Waals surface area contributed by atoms with E-state index in [1.807, 2.05) is 38.1 Å². The van der Waals surface area contributed by atoms with Gasteiger partial charge in [-0.2, -0.15) is 0 Å². The molecule has 1 aliphatic rings. The molecular formula is C17H28N2O3S. The summed E-state index contributed by atoms with van der Waals surface area (Å²) in [4.78, 5) is 0. The van der Waals surface area contributed by atoms with Crippen LogP contribution in [0.2, 0.25) is 0 Å². The fourth-order valence-electron chi connectivity index (χ4n) is 2.81. The molecule has 1 saturated heterocycles. The van der Waals surface area contributed by atoms with Crippen LogP contribution in [0.3, 0.4) is 0 Å². The van der Waals surface area contributed by atoms with Crippen LogP contribution in [0.5, 0.6) is 5.75 Å². The van der Waals surface area contributed by atoms with Gasteiger partial charge >= 0.3 is 0 Å². The maximum atomic E-state index is 12.4. The van der Waals surface area contributed by atoms with Gasteiger partial charge in [0.05, 0.1) is 12.9 Å². The average Bonchev–Trinajstić information content (AvgIpc) is 2.55. The molecule has 1 fully saturated rings. The standard InChI is InChI=1S/C17H28N2O3S/c1-4-14(2)13-23(20,21)19-10-8-15(9-11-19)18-16-6-5-7-17(12-16)22-3/h5-7,12,14-15,18H,4,8-11,13H2,1-3H3. The Balaban J connectivity index is 1.88. The first-order chi connectivity index (χ1) is 10.9. The summed E-state index contributed by atoms with van der Waals surface area (Å²) in [5, 5.41) is 3.48. The summed E-state index contributed by atoms with van der Waals surface area (Å²) in [6, 6.07) is 8.14. The largest absolute Gasteiger partial charge is 0.497 e. The van der Waals surface area contributed by atoms with Gasteiger partial charge in [0.2, 0.25) is 10.0 Å². The minimum Gasteiger partial charge on any atom is -0.497 e. The van der Waals surface area contributed by atoms with Gasteiger partial charge < -0.3 is 10.1 Å². The summed E-state index contributed by atoms with van der Waals surface area (Å²) in [6.07, 6.45) is 2.56. The lowest BCUT2D eigenvalue weighted by molar-refractivity contribution is 0.327. The average molecular weight is 340 g/mol. The van der Waals surface area contributed by atoms with Crippen molar-refractivity contribution in [2.45, 2.75) is 39.2 Å². The Morgan fingerprint density at radius 1 is 1.35 bits per heavy atom. The highest BCUT2D eigenvalue weighted by molar-refractivity contribution is 7.89. The van der Waals surface area contributed by atoms with Crippen LogP contribution in [0.15, 0.2) is 24.3 Å². The maximum Gasteiger partial charge on any atom is 0.214 e. The number of methoxy groups -OCH3 is 1. The SMILES string of the molecule is CCC(C)CS(=O)(=O)N1CCC(Nc2cccc(OC)c2)CC1. The van der Waals surface area contributed by atoms with E-state index in [9.17, 15) is 8.42 Å². The molecule has 23 heavy (non-hydrogen) atoms. The van der Waals surface area contributed by atoms with Gasteiger partial charge in [0.25, 0.3) is 0 Å². The van der Waals surface area contributed by atoms with Crippen molar-refractivity contribution in [3.63, 3.8) is 0 Å². The van der Waals surface area contributed by atoms with Crippen LogP contribution in [-0.4, -0.2) is 44.7 Å². The minimum atomic E-state index is -3.12. The van der Waals surface area contributed by atoms with Crippen LogP contribution in [0.1, 0.15) is 33.1 Å². The number of rotatable bonds is 7. The van der Waals surface area contributed by atoms with Gasteiger partial charge in [-0.15, -0.1) is 0 Å². The van der Waals surface area contributed by atoms with E-state index >= 15 is 0 Å². The Hall–Kier alpha value is -1.27.